The van der Waals surface area contributed by atoms with Crippen LogP contribution in [0.15, 0.2) is 42.5 Å². The molecular formula is C20H22FN3O2S. The van der Waals surface area contributed by atoms with Crippen molar-refractivity contribution in [2.75, 3.05) is 36.9 Å². The van der Waals surface area contributed by atoms with Gasteiger partial charge in [0.25, 0.3) is 0 Å². The van der Waals surface area contributed by atoms with Crippen molar-refractivity contribution < 1.29 is 13.9 Å². The lowest BCUT2D eigenvalue weighted by Gasteiger charge is -2.26. The summed E-state index contributed by atoms with van der Waals surface area (Å²) in [5.41, 5.74) is 2.91. The van der Waals surface area contributed by atoms with Gasteiger partial charge in [-0.2, -0.15) is 0 Å². The van der Waals surface area contributed by atoms with Crippen LogP contribution >= 0.6 is 12.2 Å². The van der Waals surface area contributed by atoms with E-state index in [0.29, 0.717) is 49.1 Å². The van der Waals surface area contributed by atoms with Crippen molar-refractivity contribution in [3.63, 3.8) is 0 Å². The Morgan fingerprint density at radius 1 is 1.11 bits per heavy atom. The average Bonchev–Trinajstić information content (AvgIpc) is 2.67. The highest BCUT2D eigenvalue weighted by atomic mass is 32.1. The predicted molar refractivity (Wildman–Crippen MR) is 109 cm³/mol. The number of nitrogens with zero attached hydrogens (tertiary/aromatic N) is 1. The molecule has 0 saturated carbocycles. The molecule has 1 fully saturated rings. The number of amides is 1. The molecule has 1 amide bonds. The number of thiocarbonyl (C=S) groups is 1. The van der Waals surface area contributed by atoms with Crippen molar-refractivity contribution >= 4 is 34.6 Å². The number of ether oxygens (including phenoxy) is 1. The summed E-state index contributed by atoms with van der Waals surface area (Å²) in [6, 6.07) is 12.4. The Balaban J connectivity index is 1.52. The summed E-state index contributed by atoms with van der Waals surface area (Å²) < 4.78 is 18.9. The van der Waals surface area contributed by atoms with Gasteiger partial charge in [-0.1, -0.05) is 18.2 Å². The van der Waals surface area contributed by atoms with Crippen LogP contribution in [0, 0.1) is 12.7 Å². The molecular weight excluding hydrogens is 365 g/mol. The van der Waals surface area contributed by atoms with Crippen molar-refractivity contribution in [1.29, 1.82) is 0 Å². The average molecular weight is 387 g/mol. The van der Waals surface area contributed by atoms with Crippen LogP contribution in [0.25, 0.3) is 0 Å². The quantitative estimate of drug-likeness (QED) is 0.788. The first-order valence-corrected chi connectivity index (χ1v) is 9.21. The van der Waals surface area contributed by atoms with E-state index in [0.717, 1.165) is 11.3 Å². The molecule has 1 aliphatic rings. The highest BCUT2D eigenvalue weighted by Gasteiger charge is 2.16. The topological polar surface area (TPSA) is 53.6 Å². The molecule has 0 radical (unpaired) electrons. The molecule has 142 valence electrons. The second-order valence-electron chi connectivity index (χ2n) is 6.41. The van der Waals surface area contributed by atoms with Gasteiger partial charge in [-0.05, 0) is 54.5 Å². The van der Waals surface area contributed by atoms with Gasteiger partial charge in [0.2, 0.25) is 5.91 Å². The van der Waals surface area contributed by atoms with Gasteiger partial charge in [0, 0.05) is 24.5 Å². The van der Waals surface area contributed by atoms with Crippen molar-refractivity contribution in [2.24, 2.45) is 0 Å². The molecule has 0 unspecified atom stereocenters. The lowest BCUT2D eigenvalue weighted by atomic mass is 10.1. The molecule has 2 aromatic rings. The van der Waals surface area contributed by atoms with Gasteiger partial charge in [-0.15, -0.1) is 0 Å². The number of carbonyl (C=O) groups excluding carboxylic acids is 1. The van der Waals surface area contributed by atoms with Crippen LogP contribution in [0.3, 0.4) is 0 Å². The standard InChI is InChI=1S/C20H22FN3O2S/c1-14-2-5-17(13-18(14)21)23-20(27)22-16-6-3-15(4-7-16)12-19(25)24-8-10-26-11-9-24/h2-7,13H,8-12H2,1H3,(H2,22,23,27). The number of halogens is 1. The molecule has 1 aliphatic heterocycles. The Morgan fingerprint density at radius 2 is 1.74 bits per heavy atom. The summed E-state index contributed by atoms with van der Waals surface area (Å²) in [7, 11) is 0. The predicted octanol–water partition coefficient (Wildman–Crippen LogP) is 3.34. The van der Waals surface area contributed by atoms with Gasteiger partial charge in [0.1, 0.15) is 5.82 Å². The maximum atomic E-state index is 13.6. The number of morpholine rings is 1. The summed E-state index contributed by atoms with van der Waals surface area (Å²) in [5.74, 6) is -0.172. The van der Waals surface area contributed by atoms with Crippen LogP contribution in [0.4, 0.5) is 15.8 Å². The molecule has 0 atom stereocenters. The molecule has 3 rings (SSSR count). The third-order valence-corrected chi connectivity index (χ3v) is 4.56. The number of nitrogens with one attached hydrogen (secondary N) is 2. The van der Waals surface area contributed by atoms with E-state index < -0.39 is 0 Å². The molecule has 2 aromatic carbocycles. The minimum Gasteiger partial charge on any atom is -0.378 e. The molecule has 5 nitrogen and oxygen atoms in total. The molecule has 0 aromatic heterocycles. The first-order valence-electron chi connectivity index (χ1n) is 8.80. The maximum absolute atomic E-state index is 13.6. The van der Waals surface area contributed by atoms with Crippen LogP contribution in [0.1, 0.15) is 11.1 Å². The van der Waals surface area contributed by atoms with Crippen molar-refractivity contribution in [3.05, 3.63) is 59.4 Å². The normalized spacial score (nSPS) is 13.9. The van der Waals surface area contributed by atoms with E-state index in [9.17, 15) is 9.18 Å². The van der Waals surface area contributed by atoms with Gasteiger partial charge in [0.15, 0.2) is 5.11 Å². The van der Waals surface area contributed by atoms with E-state index in [-0.39, 0.29) is 11.7 Å². The van der Waals surface area contributed by atoms with E-state index in [1.165, 1.54) is 6.07 Å². The van der Waals surface area contributed by atoms with Gasteiger partial charge in [0.05, 0.1) is 19.6 Å². The fraction of sp³-hybridized carbons (Fsp3) is 0.300. The SMILES string of the molecule is Cc1ccc(NC(=S)Nc2ccc(CC(=O)N3CCOCC3)cc2)cc1F. The van der Waals surface area contributed by atoms with Gasteiger partial charge < -0.3 is 20.3 Å². The second kappa shape index (κ2) is 8.92. The molecule has 0 aliphatic carbocycles. The van der Waals surface area contributed by atoms with Crippen LogP contribution in [0.2, 0.25) is 0 Å². The van der Waals surface area contributed by atoms with Crippen molar-refractivity contribution in [3.8, 4) is 0 Å². The molecule has 1 heterocycles. The van der Waals surface area contributed by atoms with Gasteiger partial charge in [-0.3, -0.25) is 4.79 Å². The molecule has 0 spiro atoms. The Hall–Kier alpha value is -2.51. The van der Waals surface area contributed by atoms with Crippen molar-refractivity contribution in [1.82, 2.24) is 4.90 Å². The summed E-state index contributed by atoms with van der Waals surface area (Å²) in [6.07, 6.45) is 0.367. The Kier molecular flexibility index (Phi) is 6.36. The zero-order chi connectivity index (χ0) is 19.2. The third-order valence-electron chi connectivity index (χ3n) is 4.36. The molecule has 7 heteroatoms. The van der Waals surface area contributed by atoms with Gasteiger partial charge in [-0.25, -0.2) is 4.39 Å². The number of carbonyl (C=O) groups is 1. The fourth-order valence-corrected chi connectivity index (χ4v) is 3.00. The number of anilines is 2. The first-order chi connectivity index (χ1) is 13.0. The largest absolute Gasteiger partial charge is 0.378 e. The Labute approximate surface area is 163 Å². The summed E-state index contributed by atoms with van der Waals surface area (Å²) in [6.45, 7) is 4.21. The number of aryl methyl sites for hydroxylation is 1. The summed E-state index contributed by atoms with van der Waals surface area (Å²) in [4.78, 5) is 14.1. The van der Waals surface area contributed by atoms with Crippen LogP contribution < -0.4 is 10.6 Å². The lowest BCUT2D eigenvalue weighted by Crippen LogP contribution is -2.41. The lowest BCUT2D eigenvalue weighted by molar-refractivity contribution is -0.134. The number of benzene rings is 2. The minimum atomic E-state index is -0.280. The van der Waals surface area contributed by atoms with E-state index in [1.54, 1.807) is 19.1 Å². The fourth-order valence-electron chi connectivity index (χ4n) is 2.77. The van der Waals surface area contributed by atoms with E-state index in [2.05, 4.69) is 10.6 Å². The summed E-state index contributed by atoms with van der Waals surface area (Å²) in [5, 5.41) is 6.38. The van der Waals surface area contributed by atoms with E-state index in [4.69, 9.17) is 17.0 Å². The molecule has 0 bridgehead atoms. The van der Waals surface area contributed by atoms with Crippen LogP contribution in [0.5, 0.6) is 0 Å². The smallest absolute Gasteiger partial charge is 0.227 e. The molecule has 1 saturated heterocycles. The third kappa shape index (κ3) is 5.48. The van der Waals surface area contributed by atoms with E-state index in [1.807, 2.05) is 29.2 Å². The molecule has 27 heavy (non-hydrogen) atoms. The zero-order valence-corrected chi connectivity index (χ0v) is 15.9. The Morgan fingerprint density at radius 3 is 2.41 bits per heavy atom. The van der Waals surface area contributed by atoms with Crippen molar-refractivity contribution in [2.45, 2.75) is 13.3 Å². The monoisotopic (exact) mass is 387 g/mol. The van der Waals surface area contributed by atoms with Crippen LogP contribution in [-0.2, 0) is 16.0 Å². The molecule has 2 N–H and O–H groups in total. The highest BCUT2D eigenvalue weighted by Crippen LogP contribution is 2.15. The summed E-state index contributed by atoms with van der Waals surface area (Å²) >= 11 is 5.27. The van der Waals surface area contributed by atoms with Gasteiger partial charge >= 0.3 is 0 Å². The Bertz CT molecular complexity index is 820. The second-order valence-corrected chi connectivity index (χ2v) is 6.82. The number of rotatable bonds is 4. The first kappa shape index (κ1) is 19.3. The number of hydrogen-bond donors (Lipinski definition) is 2. The highest BCUT2D eigenvalue weighted by molar-refractivity contribution is 7.80. The maximum Gasteiger partial charge on any atom is 0.227 e. The minimum absolute atomic E-state index is 0.109. The number of hydrogen-bond acceptors (Lipinski definition) is 3. The zero-order valence-electron chi connectivity index (χ0n) is 15.1. The van der Waals surface area contributed by atoms with Crippen LogP contribution in [-0.4, -0.2) is 42.2 Å². The van der Waals surface area contributed by atoms with E-state index >= 15 is 0 Å².